The van der Waals surface area contributed by atoms with E-state index in [9.17, 15) is 13.5 Å². The first-order valence-corrected chi connectivity index (χ1v) is 8.08. The Morgan fingerprint density at radius 2 is 1.90 bits per heavy atom. The highest BCUT2D eigenvalue weighted by Gasteiger charge is 2.14. The molecule has 1 unspecified atom stereocenters. The lowest BCUT2D eigenvalue weighted by atomic mass is 10.1. The largest absolute Gasteiger partial charge is 0.508 e. The van der Waals surface area contributed by atoms with Crippen molar-refractivity contribution in [3.63, 3.8) is 0 Å². The van der Waals surface area contributed by atoms with E-state index in [0.717, 1.165) is 0 Å². The summed E-state index contributed by atoms with van der Waals surface area (Å²) in [6, 6.07) is 10.8. The molecule has 0 saturated heterocycles. The number of aromatic hydroxyl groups is 1. The molecule has 0 bridgehead atoms. The van der Waals surface area contributed by atoms with Gasteiger partial charge in [-0.3, -0.25) is 0 Å². The molecule has 2 aromatic rings. The number of sulfonamides is 1. The van der Waals surface area contributed by atoms with Gasteiger partial charge in [-0.05, 0) is 31.2 Å². The Kier molecular flexibility index (Phi) is 4.41. The molecule has 0 amide bonds. The van der Waals surface area contributed by atoms with Crippen LogP contribution in [0, 0.1) is 0 Å². The second-order valence-corrected chi connectivity index (χ2v) is 6.58. The third-order valence-electron chi connectivity index (χ3n) is 3.04. The zero-order valence-electron chi connectivity index (χ0n) is 11.2. The van der Waals surface area contributed by atoms with Crippen LogP contribution in [0.4, 0.5) is 5.69 Å². The molecule has 0 aliphatic rings. The molecule has 0 fully saturated rings. The third-order valence-corrected chi connectivity index (χ3v) is 4.28. The monoisotopic (exact) mass is 326 g/mol. The van der Waals surface area contributed by atoms with Gasteiger partial charge in [0.2, 0.25) is 10.0 Å². The standard InChI is InChI=1S/C14H15ClN2O3S/c1-9(11-4-2-3-5-14(11)18)17-13-8-10(21(16,19)20)6-7-12(13)15/h2-9,17-18H,1H3,(H2,16,19,20). The van der Waals surface area contributed by atoms with Crippen molar-refractivity contribution in [2.24, 2.45) is 5.14 Å². The Morgan fingerprint density at radius 3 is 2.52 bits per heavy atom. The highest BCUT2D eigenvalue weighted by Crippen LogP contribution is 2.31. The summed E-state index contributed by atoms with van der Waals surface area (Å²) in [5.74, 6) is 0.149. The predicted molar refractivity (Wildman–Crippen MR) is 83.0 cm³/mol. The van der Waals surface area contributed by atoms with E-state index in [2.05, 4.69) is 5.32 Å². The second kappa shape index (κ2) is 5.93. The average Bonchev–Trinajstić information content (AvgIpc) is 2.40. The first kappa shape index (κ1) is 15.6. The maximum atomic E-state index is 11.4. The van der Waals surface area contributed by atoms with E-state index in [4.69, 9.17) is 16.7 Å². The smallest absolute Gasteiger partial charge is 0.238 e. The molecule has 21 heavy (non-hydrogen) atoms. The molecule has 0 aliphatic heterocycles. The fourth-order valence-corrected chi connectivity index (χ4v) is 2.67. The number of benzene rings is 2. The van der Waals surface area contributed by atoms with E-state index in [1.54, 1.807) is 24.3 Å². The Balaban J connectivity index is 2.33. The molecule has 0 radical (unpaired) electrons. The molecular formula is C14H15ClN2O3S. The Morgan fingerprint density at radius 1 is 1.24 bits per heavy atom. The van der Waals surface area contributed by atoms with E-state index in [0.29, 0.717) is 16.3 Å². The van der Waals surface area contributed by atoms with Gasteiger partial charge in [0.1, 0.15) is 5.75 Å². The average molecular weight is 327 g/mol. The minimum Gasteiger partial charge on any atom is -0.508 e. The first-order chi connectivity index (χ1) is 9.79. The minimum absolute atomic E-state index is 0.0288. The van der Waals surface area contributed by atoms with E-state index in [-0.39, 0.29) is 16.7 Å². The van der Waals surface area contributed by atoms with Crippen LogP contribution in [0.5, 0.6) is 5.75 Å². The molecule has 0 saturated carbocycles. The van der Waals surface area contributed by atoms with Gasteiger partial charge >= 0.3 is 0 Å². The normalized spacial score (nSPS) is 12.9. The summed E-state index contributed by atoms with van der Waals surface area (Å²) in [6.45, 7) is 1.83. The maximum absolute atomic E-state index is 11.4. The Hall–Kier alpha value is -1.76. The van der Waals surface area contributed by atoms with Gasteiger partial charge in [-0.1, -0.05) is 29.8 Å². The molecule has 2 aromatic carbocycles. The summed E-state index contributed by atoms with van der Waals surface area (Å²) in [5.41, 5.74) is 1.11. The van der Waals surface area contributed by atoms with Crippen molar-refractivity contribution in [1.82, 2.24) is 0 Å². The fraction of sp³-hybridized carbons (Fsp3) is 0.143. The fourth-order valence-electron chi connectivity index (χ4n) is 1.96. The molecule has 0 spiro atoms. The molecule has 1 atom stereocenters. The van der Waals surface area contributed by atoms with E-state index >= 15 is 0 Å². The van der Waals surface area contributed by atoms with Crippen molar-refractivity contribution in [1.29, 1.82) is 0 Å². The number of nitrogens with two attached hydrogens (primary N) is 1. The molecule has 112 valence electrons. The van der Waals surface area contributed by atoms with Crippen LogP contribution in [0.1, 0.15) is 18.5 Å². The zero-order valence-corrected chi connectivity index (χ0v) is 12.8. The van der Waals surface area contributed by atoms with Crippen LogP contribution in [-0.4, -0.2) is 13.5 Å². The van der Waals surface area contributed by atoms with Gasteiger partial charge in [0.25, 0.3) is 0 Å². The maximum Gasteiger partial charge on any atom is 0.238 e. The van der Waals surface area contributed by atoms with E-state index < -0.39 is 10.0 Å². The van der Waals surface area contributed by atoms with Crippen LogP contribution in [0.15, 0.2) is 47.4 Å². The molecule has 0 aliphatic carbocycles. The molecule has 0 heterocycles. The Labute approximate surface area is 128 Å². The van der Waals surface area contributed by atoms with Gasteiger partial charge in [0.15, 0.2) is 0 Å². The highest BCUT2D eigenvalue weighted by atomic mass is 35.5. The molecule has 5 nitrogen and oxygen atoms in total. The summed E-state index contributed by atoms with van der Waals surface area (Å²) in [7, 11) is -3.80. The number of nitrogens with one attached hydrogen (secondary N) is 1. The summed E-state index contributed by atoms with van der Waals surface area (Å²) in [4.78, 5) is -0.0288. The lowest BCUT2D eigenvalue weighted by Crippen LogP contribution is -2.13. The number of hydrogen-bond acceptors (Lipinski definition) is 4. The number of hydrogen-bond donors (Lipinski definition) is 3. The second-order valence-electron chi connectivity index (χ2n) is 4.61. The molecule has 2 rings (SSSR count). The van der Waals surface area contributed by atoms with Crippen molar-refractivity contribution < 1.29 is 13.5 Å². The summed E-state index contributed by atoms with van der Waals surface area (Å²) in [5, 5.41) is 18.4. The number of rotatable bonds is 4. The van der Waals surface area contributed by atoms with Gasteiger partial charge in [-0.15, -0.1) is 0 Å². The molecular weight excluding hydrogens is 312 g/mol. The van der Waals surface area contributed by atoms with Gasteiger partial charge in [-0.25, -0.2) is 13.6 Å². The third kappa shape index (κ3) is 3.66. The van der Waals surface area contributed by atoms with Crippen molar-refractivity contribution >= 4 is 27.3 Å². The highest BCUT2D eigenvalue weighted by molar-refractivity contribution is 7.89. The quantitative estimate of drug-likeness (QED) is 0.805. The predicted octanol–water partition coefficient (Wildman–Crippen LogP) is 2.87. The van der Waals surface area contributed by atoms with Gasteiger partial charge < -0.3 is 10.4 Å². The molecule has 7 heteroatoms. The van der Waals surface area contributed by atoms with E-state index in [1.807, 2.05) is 6.92 Å². The van der Waals surface area contributed by atoms with E-state index in [1.165, 1.54) is 18.2 Å². The number of primary sulfonamides is 1. The van der Waals surface area contributed by atoms with Gasteiger partial charge in [0.05, 0.1) is 21.6 Å². The number of anilines is 1. The van der Waals surface area contributed by atoms with Crippen molar-refractivity contribution in [2.75, 3.05) is 5.32 Å². The van der Waals surface area contributed by atoms with Crippen LogP contribution in [-0.2, 0) is 10.0 Å². The molecule has 4 N–H and O–H groups in total. The van der Waals surface area contributed by atoms with Gasteiger partial charge in [0, 0.05) is 5.56 Å². The van der Waals surface area contributed by atoms with Crippen LogP contribution in [0.25, 0.3) is 0 Å². The van der Waals surface area contributed by atoms with Gasteiger partial charge in [-0.2, -0.15) is 0 Å². The SMILES string of the molecule is CC(Nc1cc(S(N)(=O)=O)ccc1Cl)c1ccccc1O. The number of phenols is 1. The lowest BCUT2D eigenvalue weighted by Gasteiger charge is -2.18. The van der Waals surface area contributed by atoms with Crippen molar-refractivity contribution in [3.8, 4) is 5.75 Å². The Bertz CT molecular complexity index is 763. The van der Waals surface area contributed by atoms with Crippen LogP contribution in [0.3, 0.4) is 0 Å². The number of phenolic OH excluding ortho intramolecular Hbond substituents is 1. The summed E-state index contributed by atoms with van der Waals surface area (Å²) < 4.78 is 22.7. The van der Waals surface area contributed by atoms with Crippen molar-refractivity contribution in [2.45, 2.75) is 17.9 Å². The number of halogens is 1. The number of para-hydroxylation sites is 1. The first-order valence-electron chi connectivity index (χ1n) is 6.16. The lowest BCUT2D eigenvalue weighted by molar-refractivity contribution is 0.465. The summed E-state index contributed by atoms with van der Waals surface area (Å²) in [6.07, 6.45) is 0. The van der Waals surface area contributed by atoms with Crippen LogP contribution >= 0.6 is 11.6 Å². The zero-order chi connectivity index (χ0) is 15.6. The van der Waals surface area contributed by atoms with Crippen LogP contribution in [0.2, 0.25) is 5.02 Å². The van der Waals surface area contributed by atoms with Crippen molar-refractivity contribution in [3.05, 3.63) is 53.1 Å². The topological polar surface area (TPSA) is 92.4 Å². The molecule has 0 aromatic heterocycles. The van der Waals surface area contributed by atoms with Crippen LogP contribution < -0.4 is 10.5 Å². The summed E-state index contributed by atoms with van der Waals surface area (Å²) >= 11 is 6.06. The minimum atomic E-state index is -3.80.